The normalized spacial score (nSPS) is 16.0. The van der Waals surface area contributed by atoms with Crippen molar-refractivity contribution in [2.24, 2.45) is 0 Å². The Morgan fingerprint density at radius 3 is 2.79 bits per heavy atom. The Hall–Kier alpha value is -1.95. The van der Waals surface area contributed by atoms with Gasteiger partial charge in [0.1, 0.15) is 5.56 Å². The molecule has 1 aliphatic rings. The first-order valence-corrected chi connectivity index (χ1v) is 6.49. The maximum absolute atomic E-state index is 12.5. The Morgan fingerprint density at radius 2 is 2.05 bits per heavy atom. The van der Waals surface area contributed by atoms with Crippen molar-refractivity contribution < 1.29 is 4.79 Å². The summed E-state index contributed by atoms with van der Waals surface area (Å²) in [5, 5.41) is 7.51. The molecule has 0 aliphatic carbocycles. The minimum Gasteiger partial charge on any atom is -0.336 e. The molecule has 19 heavy (non-hydrogen) atoms. The third kappa shape index (κ3) is 2.08. The Bertz CT molecular complexity index is 627. The van der Waals surface area contributed by atoms with Crippen LogP contribution < -0.4 is 5.32 Å². The van der Waals surface area contributed by atoms with E-state index in [0.29, 0.717) is 11.2 Å². The number of hydrogen-bond acceptors (Lipinski definition) is 4. The highest BCUT2D eigenvalue weighted by atomic mass is 16.2. The Labute approximate surface area is 111 Å². The van der Waals surface area contributed by atoms with Gasteiger partial charge in [0, 0.05) is 37.6 Å². The lowest BCUT2D eigenvalue weighted by Gasteiger charge is -2.26. The zero-order valence-electron chi connectivity index (χ0n) is 11.2. The van der Waals surface area contributed by atoms with Crippen molar-refractivity contribution in [1.82, 2.24) is 24.8 Å². The fourth-order valence-corrected chi connectivity index (χ4v) is 2.46. The van der Waals surface area contributed by atoms with Crippen molar-refractivity contribution in [3.63, 3.8) is 0 Å². The molecule has 3 heterocycles. The fourth-order valence-electron chi connectivity index (χ4n) is 2.46. The van der Waals surface area contributed by atoms with Gasteiger partial charge in [-0.05, 0) is 19.9 Å². The van der Waals surface area contributed by atoms with E-state index < -0.39 is 0 Å². The summed E-state index contributed by atoms with van der Waals surface area (Å²) in [5.74, 6) is 0.0222. The maximum Gasteiger partial charge on any atom is 0.259 e. The molecule has 6 nitrogen and oxygen atoms in total. The molecule has 0 saturated carbocycles. The second-order valence-corrected chi connectivity index (χ2v) is 4.87. The van der Waals surface area contributed by atoms with E-state index in [0.717, 1.165) is 37.6 Å². The Kier molecular flexibility index (Phi) is 2.94. The van der Waals surface area contributed by atoms with Crippen LogP contribution in [0.25, 0.3) is 5.65 Å². The summed E-state index contributed by atoms with van der Waals surface area (Å²) in [7, 11) is 0. The first-order valence-electron chi connectivity index (χ1n) is 6.49. The number of nitrogens with zero attached hydrogens (tertiary/aromatic N) is 4. The Balaban J connectivity index is 2.02. The predicted molar refractivity (Wildman–Crippen MR) is 71.2 cm³/mol. The summed E-state index contributed by atoms with van der Waals surface area (Å²) >= 11 is 0. The molecule has 3 rings (SSSR count). The monoisotopic (exact) mass is 259 g/mol. The van der Waals surface area contributed by atoms with Gasteiger partial charge in [0.15, 0.2) is 5.65 Å². The van der Waals surface area contributed by atoms with E-state index >= 15 is 0 Å². The van der Waals surface area contributed by atoms with Gasteiger partial charge in [-0.25, -0.2) is 9.50 Å². The zero-order valence-corrected chi connectivity index (χ0v) is 11.2. The number of amides is 1. The largest absolute Gasteiger partial charge is 0.336 e. The SMILES string of the molecule is Cc1cc(C)n2ncc(C(=O)N3CCNCC3)c2n1. The van der Waals surface area contributed by atoms with Crippen LogP contribution in [-0.4, -0.2) is 51.6 Å². The third-order valence-electron chi connectivity index (χ3n) is 3.41. The van der Waals surface area contributed by atoms with Crippen LogP contribution in [0, 0.1) is 13.8 Å². The van der Waals surface area contributed by atoms with E-state index in [1.807, 2.05) is 24.8 Å². The van der Waals surface area contributed by atoms with Crippen molar-refractivity contribution in [3.8, 4) is 0 Å². The number of nitrogens with one attached hydrogen (secondary N) is 1. The van der Waals surface area contributed by atoms with Gasteiger partial charge in [-0.1, -0.05) is 0 Å². The summed E-state index contributed by atoms with van der Waals surface area (Å²) < 4.78 is 1.72. The van der Waals surface area contributed by atoms with E-state index in [-0.39, 0.29) is 5.91 Å². The van der Waals surface area contributed by atoms with Gasteiger partial charge < -0.3 is 10.2 Å². The van der Waals surface area contributed by atoms with Crippen molar-refractivity contribution >= 4 is 11.6 Å². The first kappa shape index (κ1) is 12.1. The Morgan fingerprint density at radius 1 is 1.32 bits per heavy atom. The molecule has 0 radical (unpaired) electrons. The molecule has 0 aromatic carbocycles. The molecule has 2 aromatic rings. The number of fused-ring (bicyclic) bond motifs is 1. The van der Waals surface area contributed by atoms with Gasteiger partial charge in [-0.2, -0.15) is 5.10 Å². The van der Waals surface area contributed by atoms with Crippen molar-refractivity contribution in [2.45, 2.75) is 13.8 Å². The molecule has 1 fully saturated rings. The molecule has 0 atom stereocenters. The number of aromatic nitrogens is 3. The standard InChI is InChI=1S/C13H17N5O/c1-9-7-10(2)18-12(16-9)11(8-15-18)13(19)17-5-3-14-4-6-17/h7-8,14H,3-6H2,1-2H3. The van der Waals surface area contributed by atoms with E-state index in [1.165, 1.54) is 0 Å². The lowest BCUT2D eigenvalue weighted by molar-refractivity contribution is 0.0737. The molecular formula is C13H17N5O. The summed E-state index contributed by atoms with van der Waals surface area (Å²) in [5.41, 5.74) is 3.14. The minimum absolute atomic E-state index is 0.0222. The van der Waals surface area contributed by atoms with Crippen LogP contribution in [0.1, 0.15) is 21.7 Å². The number of carbonyl (C=O) groups is 1. The molecule has 6 heteroatoms. The highest BCUT2D eigenvalue weighted by Crippen LogP contribution is 2.14. The lowest BCUT2D eigenvalue weighted by Crippen LogP contribution is -2.46. The summed E-state index contributed by atoms with van der Waals surface area (Å²) in [6, 6.07) is 1.96. The average Bonchev–Trinajstić information content (AvgIpc) is 2.83. The molecule has 0 unspecified atom stereocenters. The predicted octanol–water partition coefficient (Wildman–Crippen LogP) is 0.392. The molecular weight excluding hydrogens is 242 g/mol. The molecule has 2 aromatic heterocycles. The van der Waals surface area contributed by atoms with Crippen molar-refractivity contribution in [2.75, 3.05) is 26.2 Å². The topological polar surface area (TPSA) is 62.5 Å². The van der Waals surface area contributed by atoms with Gasteiger partial charge in [-0.15, -0.1) is 0 Å². The average molecular weight is 259 g/mol. The first-order chi connectivity index (χ1) is 9.16. The van der Waals surface area contributed by atoms with Gasteiger partial charge >= 0.3 is 0 Å². The van der Waals surface area contributed by atoms with Crippen LogP contribution in [0.5, 0.6) is 0 Å². The number of carbonyl (C=O) groups excluding carboxylic acids is 1. The van der Waals surface area contributed by atoms with E-state index in [9.17, 15) is 4.79 Å². The summed E-state index contributed by atoms with van der Waals surface area (Å²) in [6.45, 7) is 7.06. The minimum atomic E-state index is 0.0222. The van der Waals surface area contributed by atoms with Gasteiger partial charge in [0.2, 0.25) is 0 Å². The van der Waals surface area contributed by atoms with Gasteiger partial charge in [-0.3, -0.25) is 4.79 Å². The number of hydrogen-bond donors (Lipinski definition) is 1. The van der Waals surface area contributed by atoms with Crippen molar-refractivity contribution in [1.29, 1.82) is 0 Å². The molecule has 0 spiro atoms. The molecule has 100 valence electrons. The fraction of sp³-hybridized carbons (Fsp3) is 0.462. The third-order valence-corrected chi connectivity index (χ3v) is 3.41. The van der Waals surface area contributed by atoms with E-state index in [4.69, 9.17) is 0 Å². The number of aryl methyl sites for hydroxylation is 2. The lowest BCUT2D eigenvalue weighted by atomic mass is 10.2. The highest BCUT2D eigenvalue weighted by molar-refractivity contribution is 5.99. The van der Waals surface area contributed by atoms with Crippen LogP contribution >= 0.6 is 0 Å². The second-order valence-electron chi connectivity index (χ2n) is 4.87. The van der Waals surface area contributed by atoms with Crippen LogP contribution in [0.15, 0.2) is 12.3 Å². The smallest absolute Gasteiger partial charge is 0.259 e. The van der Waals surface area contributed by atoms with Crippen molar-refractivity contribution in [3.05, 3.63) is 29.2 Å². The molecule has 0 bridgehead atoms. The van der Waals surface area contributed by atoms with Crippen LogP contribution in [0.2, 0.25) is 0 Å². The molecule has 1 N–H and O–H groups in total. The number of piperazine rings is 1. The number of rotatable bonds is 1. The molecule has 1 aliphatic heterocycles. The quantitative estimate of drug-likeness (QED) is 0.805. The molecule has 1 saturated heterocycles. The van der Waals surface area contributed by atoms with Crippen LogP contribution in [0.4, 0.5) is 0 Å². The van der Waals surface area contributed by atoms with Crippen LogP contribution in [0.3, 0.4) is 0 Å². The van der Waals surface area contributed by atoms with Crippen LogP contribution in [-0.2, 0) is 0 Å². The maximum atomic E-state index is 12.5. The second kappa shape index (κ2) is 4.62. The van der Waals surface area contributed by atoms with E-state index in [1.54, 1.807) is 10.7 Å². The summed E-state index contributed by atoms with van der Waals surface area (Å²) in [6.07, 6.45) is 1.62. The summed E-state index contributed by atoms with van der Waals surface area (Å²) in [4.78, 5) is 18.8. The van der Waals surface area contributed by atoms with Gasteiger partial charge in [0.25, 0.3) is 5.91 Å². The highest BCUT2D eigenvalue weighted by Gasteiger charge is 2.22. The van der Waals surface area contributed by atoms with Gasteiger partial charge in [0.05, 0.1) is 6.20 Å². The van der Waals surface area contributed by atoms with E-state index in [2.05, 4.69) is 15.4 Å². The molecule has 1 amide bonds. The zero-order chi connectivity index (χ0) is 13.4.